The Balaban J connectivity index is 1.07. The van der Waals surface area contributed by atoms with Gasteiger partial charge in [0.1, 0.15) is 11.7 Å². The second-order valence-electron chi connectivity index (χ2n) is 11.4. The molecule has 4 aliphatic heterocycles. The molecule has 13 nitrogen and oxygen atoms in total. The molecule has 0 bridgehead atoms. The number of nitrogens with one attached hydrogen (secondary N) is 1. The number of nitrogen functional groups attached to an aromatic ring is 1. The first-order valence-electron chi connectivity index (χ1n) is 14.3. The molecule has 3 N–H and O–H groups in total. The molecule has 0 saturated carbocycles. The van der Waals surface area contributed by atoms with Crippen LogP contribution < -0.4 is 20.9 Å². The summed E-state index contributed by atoms with van der Waals surface area (Å²) in [5.41, 5.74) is 8.34. The Hall–Kier alpha value is -4.52. The number of rotatable bonds is 6. The lowest BCUT2D eigenvalue weighted by molar-refractivity contribution is -0.383. The highest BCUT2D eigenvalue weighted by molar-refractivity contribution is 6.23. The summed E-state index contributed by atoms with van der Waals surface area (Å²) in [6.45, 7) is 5.98. The van der Waals surface area contributed by atoms with Crippen molar-refractivity contribution in [2.45, 2.75) is 31.7 Å². The van der Waals surface area contributed by atoms with Crippen molar-refractivity contribution in [3.63, 3.8) is 0 Å². The highest BCUT2D eigenvalue weighted by Gasteiger charge is 2.44. The van der Waals surface area contributed by atoms with E-state index >= 15 is 0 Å². The third-order valence-electron chi connectivity index (χ3n) is 8.77. The van der Waals surface area contributed by atoms with E-state index in [1.165, 1.54) is 6.07 Å². The third-order valence-corrected chi connectivity index (χ3v) is 8.77. The van der Waals surface area contributed by atoms with Crippen LogP contribution in [0.1, 0.15) is 46.4 Å². The minimum absolute atomic E-state index is 0.0785. The van der Waals surface area contributed by atoms with Crippen LogP contribution in [0.4, 0.5) is 22.7 Å². The second-order valence-corrected chi connectivity index (χ2v) is 11.4. The SMILES string of the molecule is Nc1cc(N2CCN(CC3CCCN(c4ccc5c(c4)C(=O)N(C4CCC(=O)NC4=O)C5=O)C3)CC2)ccc1[N+](=O)[O-]. The second kappa shape index (κ2) is 11.0. The van der Waals surface area contributed by atoms with Crippen molar-refractivity contribution in [3.05, 3.63) is 57.6 Å². The number of nitro groups is 1. The lowest BCUT2D eigenvalue weighted by Gasteiger charge is -2.40. The topological polar surface area (TPSA) is 162 Å². The Morgan fingerprint density at radius 2 is 1.60 bits per heavy atom. The summed E-state index contributed by atoms with van der Waals surface area (Å²) in [7, 11) is 0. The molecule has 220 valence electrons. The molecule has 42 heavy (non-hydrogen) atoms. The number of anilines is 3. The van der Waals surface area contributed by atoms with Crippen molar-refractivity contribution in [3.8, 4) is 0 Å². The lowest BCUT2D eigenvalue weighted by atomic mass is 9.96. The summed E-state index contributed by atoms with van der Waals surface area (Å²) in [6, 6.07) is 9.21. The minimum atomic E-state index is -0.976. The van der Waals surface area contributed by atoms with Gasteiger partial charge in [-0.25, -0.2) is 0 Å². The smallest absolute Gasteiger partial charge is 0.292 e. The fraction of sp³-hybridized carbons (Fsp3) is 0.448. The number of carbonyl (C=O) groups is 4. The molecule has 2 unspecified atom stereocenters. The van der Waals surface area contributed by atoms with Gasteiger partial charge in [0.2, 0.25) is 11.8 Å². The number of hydrogen-bond donors (Lipinski definition) is 2. The predicted octanol–water partition coefficient (Wildman–Crippen LogP) is 1.62. The number of nitro benzene ring substituents is 1. The van der Waals surface area contributed by atoms with Crippen LogP contribution >= 0.6 is 0 Å². The van der Waals surface area contributed by atoms with Gasteiger partial charge in [-0.2, -0.15) is 0 Å². The summed E-state index contributed by atoms with van der Waals surface area (Å²) in [6.07, 6.45) is 2.33. The Morgan fingerprint density at radius 1 is 0.881 bits per heavy atom. The van der Waals surface area contributed by atoms with Gasteiger partial charge >= 0.3 is 0 Å². The molecular formula is C29H33N7O6. The summed E-state index contributed by atoms with van der Waals surface area (Å²) in [5, 5.41) is 13.3. The molecule has 13 heteroatoms. The van der Waals surface area contributed by atoms with Crippen LogP contribution in [-0.4, -0.2) is 90.2 Å². The van der Waals surface area contributed by atoms with Crippen molar-refractivity contribution in [1.29, 1.82) is 0 Å². The van der Waals surface area contributed by atoms with E-state index in [4.69, 9.17) is 5.73 Å². The minimum Gasteiger partial charge on any atom is -0.393 e. The first-order chi connectivity index (χ1) is 20.2. The average Bonchev–Trinajstić information content (AvgIpc) is 3.22. The molecule has 0 radical (unpaired) electrons. The predicted molar refractivity (Wildman–Crippen MR) is 154 cm³/mol. The number of nitrogens with two attached hydrogens (primary N) is 1. The van der Waals surface area contributed by atoms with Gasteiger partial charge in [-0.05, 0) is 55.5 Å². The number of piperazine rings is 1. The number of piperidine rings is 2. The highest BCUT2D eigenvalue weighted by atomic mass is 16.6. The highest BCUT2D eigenvalue weighted by Crippen LogP contribution is 2.33. The summed E-state index contributed by atoms with van der Waals surface area (Å²) >= 11 is 0. The van der Waals surface area contributed by atoms with E-state index in [0.717, 1.165) is 74.9 Å². The molecule has 0 aromatic heterocycles. The number of hydrogen-bond acceptors (Lipinski definition) is 10. The van der Waals surface area contributed by atoms with Gasteiger partial charge in [-0.3, -0.25) is 44.4 Å². The molecule has 3 saturated heterocycles. The Morgan fingerprint density at radius 3 is 2.31 bits per heavy atom. The summed E-state index contributed by atoms with van der Waals surface area (Å²) in [4.78, 5) is 68.7. The van der Waals surface area contributed by atoms with Crippen molar-refractivity contribution < 1.29 is 24.1 Å². The molecule has 0 aliphatic carbocycles. The summed E-state index contributed by atoms with van der Waals surface area (Å²) < 4.78 is 0. The van der Waals surface area contributed by atoms with Gasteiger partial charge in [0.05, 0.1) is 16.1 Å². The van der Waals surface area contributed by atoms with Crippen LogP contribution in [0.5, 0.6) is 0 Å². The van der Waals surface area contributed by atoms with E-state index < -0.39 is 34.6 Å². The van der Waals surface area contributed by atoms with Crippen LogP contribution in [0.25, 0.3) is 0 Å². The van der Waals surface area contributed by atoms with E-state index in [9.17, 15) is 29.3 Å². The molecular weight excluding hydrogens is 542 g/mol. The maximum absolute atomic E-state index is 13.3. The van der Waals surface area contributed by atoms with Gasteiger partial charge in [-0.15, -0.1) is 0 Å². The molecule has 2 atom stereocenters. The van der Waals surface area contributed by atoms with Crippen LogP contribution in [-0.2, 0) is 9.59 Å². The zero-order valence-electron chi connectivity index (χ0n) is 23.2. The zero-order chi connectivity index (χ0) is 29.5. The first kappa shape index (κ1) is 27.6. The van der Waals surface area contributed by atoms with Gasteiger partial charge in [0, 0.05) is 69.7 Å². The van der Waals surface area contributed by atoms with E-state index in [1.807, 2.05) is 6.07 Å². The third kappa shape index (κ3) is 5.15. The Labute approximate surface area is 242 Å². The van der Waals surface area contributed by atoms with Gasteiger partial charge in [0.15, 0.2) is 0 Å². The Bertz CT molecular complexity index is 1470. The maximum atomic E-state index is 13.3. The Kier molecular flexibility index (Phi) is 7.27. The number of fused-ring (bicyclic) bond motifs is 1. The number of imide groups is 2. The van der Waals surface area contributed by atoms with Gasteiger partial charge in [-0.1, -0.05) is 0 Å². The van der Waals surface area contributed by atoms with E-state index in [-0.39, 0.29) is 29.8 Å². The number of nitrogens with zero attached hydrogens (tertiary/aromatic N) is 5. The summed E-state index contributed by atoms with van der Waals surface area (Å²) in [5.74, 6) is -1.56. The molecule has 6 rings (SSSR count). The molecule has 3 fully saturated rings. The average molecular weight is 576 g/mol. The fourth-order valence-electron chi connectivity index (χ4n) is 6.56. The fourth-order valence-corrected chi connectivity index (χ4v) is 6.56. The number of benzene rings is 2. The molecule has 4 amide bonds. The molecule has 0 spiro atoms. The largest absolute Gasteiger partial charge is 0.393 e. The van der Waals surface area contributed by atoms with E-state index in [1.54, 1.807) is 24.3 Å². The van der Waals surface area contributed by atoms with E-state index in [0.29, 0.717) is 11.5 Å². The van der Waals surface area contributed by atoms with Gasteiger partial charge < -0.3 is 15.5 Å². The molecule has 4 heterocycles. The van der Waals surface area contributed by atoms with Crippen LogP contribution in [0, 0.1) is 16.0 Å². The quantitative estimate of drug-likeness (QED) is 0.224. The monoisotopic (exact) mass is 575 g/mol. The first-order valence-corrected chi connectivity index (χ1v) is 14.3. The van der Waals surface area contributed by atoms with Crippen molar-refractivity contribution >= 4 is 46.4 Å². The maximum Gasteiger partial charge on any atom is 0.292 e. The van der Waals surface area contributed by atoms with E-state index in [2.05, 4.69) is 20.0 Å². The van der Waals surface area contributed by atoms with Crippen LogP contribution in [0.15, 0.2) is 36.4 Å². The van der Waals surface area contributed by atoms with Gasteiger partial charge in [0.25, 0.3) is 17.5 Å². The standard InChI is InChI=1S/C29H33N7O6/c30-23-15-20(4-6-24(23)36(41)42)33-12-10-32(11-13-33)16-18-2-1-9-34(17-18)19-3-5-21-22(14-19)29(40)35(28(21)39)25-7-8-26(37)31-27(25)38/h3-6,14-15,18,25H,1-2,7-13,16-17,30H2,(H,31,37,38). The van der Waals surface area contributed by atoms with Crippen molar-refractivity contribution in [2.24, 2.45) is 5.92 Å². The van der Waals surface area contributed by atoms with Crippen molar-refractivity contribution in [2.75, 3.05) is 61.3 Å². The number of amides is 4. The molecule has 2 aromatic rings. The van der Waals surface area contributed by atoms with Crippen molar-refractivity contribution in [1.82, 2.24) is 15.1 Å². The lowest BCUT2D eigenvalue weighted by Crippen LogP contribution is -2.54. The van der Waals surface area contributed by atoms with Crippen LogP contribution in [0.3, 0.4) is 0 Å². The van der Waals surface area contributed by atoms with Crippen LogP contribution in [0.2, 0.25) is 0 Å². The molecule has 2 aromatic carbocycles. The number of carbonyl (C=O) groups excluding carboxylic acids is 4. The molecule has 4 aliphatic rings. The zero-order valence-corrected chi connectivity index (χ0v) is 23.2. The normalized spacial score (nSPS) is 23.3.